The minimum absolute atomic E-state index is 0.0655. The van der Waals surface area contributed by atoms with E-state index in [1.807, 2.05) is 13.8 Å². The summed E-state index contributed by atoms with van der Waals surface area (Å²) in [6, 6.07) is 3.58. The van der Waals surface area contributed by atoms with Gasteiger partial charge in [-0.2, -0.15) is 0 Å². The van der Waals surface area contributed by atoms with Crippen molar-refractivity contribution in [2.75, 3.05) is 34.4 Å². The number of hydrogen-bond donors (Lipinski definition) is 0. The van der Waals surface area contributed by atoms with Gasteiger partial charge in [0.05, 0.1) is 21.3 Å². The molecule has 0 N–H and O–H groups in total. The van der Waals surface area contributed by atoms with Gasteiger partial charge in [0, 0.05) is 19.2 Å². The van der Waals surface area contributed by atoms with Crippen molar-refractivity contribution in [3.8, 4) is 17.2 Å². The van der Waals surface area contributed by atoms with E-state index in [-0.39, 0.29) is 5.91 Å². The van der Waals surface area contributed by atoms with Crippen LogP contribution in [-0.2, 0) is 4.79 Å². The Bertz CT molecular complexity index is 568. The number of amides is 1. The Kier molecular flexibility index (Phi) is 7.19. The lowest BCUT2D eigenvalue weighted by molar-refractivity contribution is -0.125. The first-order valence-electron chi connectivity index (χ1n) is 7.38. The normalized spacial score (nSPS) is 10.5. The van der Waals surface area contributed by atoms with E-state index < -0.39 is 0 Å². The Hall–Kier alpha value is -2.43. The average molecular weight is 319 g/mol. The maximum atomic E-state index is 12.2. The Morgan fingerprint density at radius 3 is 2.13 bits per heavy atom. The van der Waals surface area contributed by atoms with Crippen molar-refractivity contribution < 1.29 is 19.0 Å². The molecule has 0 aliphatic rings. The lowest BCUT2D eigenvalue weighted by Crippen LogP contribution is -2.30. The van der Waals surface area contributed by atoms with Gasteiger partial charge in [-0.15, -0.1) is 0 Å². The largest absolute Gasteiger partial charge is 0.493 e. The molecule has 5 nitrogen and oxygen atoms in total. The van der Waals surface area contributed by atoms with E-state index in [0.29, 0.717) is 30.3 Å². The first-order valence-corrected chi connectivity index (χ1v) is 7.38. The maximum absolute atomic E-state index is 12.2. The molecule has 0 radical (unpaired) electrons. The fraction of sp³-hybridized carbons (Fsp3) is 0.389. The van der Waals surface area contributed by atoms with Crippen molar-refractivity contribution in [3.05, 3.63) is 35.9 Å². The fourth-order valence-corrected chi connectivity index (χ4v) is 2.14. The van der Waals surface area contributed by atoms with Crippen molar-refractivity contribution >= 4 is 12.0 Å². The summed E-state index contributed by atoms with van der Waals surface area (Å²) in [5.41, 5.74) is 1.74. The van der Waals surface area contributed by atoms with Gasteiger partial charge in [0.1, 0.15) is 0 Å². The van der Waals surface area contributed by atoms with Gasteiger partial charge < -0.3 is 19.1 Å². The van der Waals surface area contributed by atoms with Gasteiger partial charge in [0.15, 0.2) is 11.5 Å². The number of benzene rings is 1. The molecule has 1 aromatic carbocycles. The van der Waals surface area contributed by atoms with E-state index in [1.165, 1.54) is 6.08 Å². The van der Waals surface area contributed by atoms with Crippen LogP contribution in [0.1, 0.15) is 19.4 Å². The Morgan fingerprint density at radius 2 is 1.74 bits per heavy atom. The molecule has 0 atom stereocenters. The smallest absolute Gasteiger partial charge is 0.246 e. The molecule has 5 heteroatoms. The minimum Gasteiger partial charge on any atom is -0.493 e. The number of hydrogen-bond acceptors (Lipinski definition) is 4. The molecule has 1 rings (SSSR count). The van der Waals surface area contributed by atoms with Crippen LogP contribution in [0.3, 0.4) is 0 Å². The molecular weight excluding hydrogens is 294 g/mol. The second-order valence-electron chi connectivity index (χ2n) is 5.10. The van der Waals surface area contributed by atoms with Gasteiger partial charge in [0.25, 0.3) is 0 Å². The highest BCUT2D eigenvalue weighted by atomic mass is 16.5. The molecule has 0 spiro atoms. The minimum atomic E-state index is -0.0655. The number of nitrogens with zero attached hydrogens (tertiary/aromatic N) is 1. The SMILES string of the molecule is C=C(C)CN(CC)C(=O)C=Cc1cc(OC)c(OC)c(OC)c1. The van der Waals surface area contributed by atoms with Crippen LogP contribution in [0.25, 0.3) is 6.08 Å². The van der Waals surface area contributed by atoms with E-state index in [2.05, 4.69) is 6.58 Å². The molecule has 0 bridgehead atoms. The molecule has 0 fully saturated rings. The molecule has 0 unspecified atom stereocenters. The highest BCUT2D eigenvalue weighted by Gasteiger charge is 2.13. The molecule has 0 heterocycles. The predicted molar refractivity (Wildman–Crippen MR) is 92.2 cm³/mol. The molecule has 0 aromatic heterocycles. The van der Waals surface area contributed by atoms with Crippen molar-refractivity contribution in [1.29, 1.82) is 0 Å². The lowest BCUT2D eigenvalue weighted by atomic mass is 10.1. The lowest BCUT2D eigenvalue weighted by Gasteiger charge is -2.19. The molecule has 1 aromatic rings. The van der Waals surface area contributed by atoms with Gasteiger partial charge in [-0.25, -0.2) is 0 Å². The third-order valence-corrected chi connectivity index (χ3v) is 3.26. The number of likely N-dealkylation sites (N-methyl/N-ethyl adjacent to an activating group) is 1. The summed E-state index contributed by atoms with van der Waals surface area (Å²) in [6.07, 6.45) is 3.26. The van der Waals surface area contributed by atoms with E-state index in [9.17, 15) is 4.79 Å². The number of carbonyl (C=O) groups excluding carboxylic acids is 1. The van der Waals surface area contributed by atoms with Gasteiger partial charge in [-0.1, -0.05) is 12.2 Å². The van der Waals surface area contributed by atoms with Crippen LogP contribution in [0.2, 0.25) is 0 Å². The van der Waals surface area contributed by atoms with Gasteiger partial charge in [-0.05, 0) is 37.6 Å². The summed E-state index contributed by atoms with van der Waals surface area (Å²) in [4.78, 5) is 13.9. The van der Waals surface area contributed by atoms with Crippen molar-refractivity contribution in [3.63, 3.8) is 0 Å². The molecule has 0 saturated carbocycles. The monoisotopic (exact) mass is 319 g/mol. The molecular formula is C18H25NO4. The van der Waals surface area contributed by atoms with Crippen LogP contribution < -0.4 is 14.2 Å². The van der Waals surface area contributed by atoms with Crippen molar-refractivity contribution in [1.82, 2.24) is 4.90 Å². The molecule has 0 saturated heterocycles. The molecule has 0 aliphatic carbocycles. The summed E-state index contributed by atoms with van der Waals surface area (Å²) < 4.78 is 15.9. The Morgan fingerprint density at radius 1 is 1.17 bits per heavy atom. The van der Waals surface area contributed by atoms with Crippen LogP contribution in [0.4, 0.5) is 0 Å². The summed E-state index contributed by atoms with van der Waals surface area (Å²) in [5.74, 6) is 1.56. The predicted octanol–water partition coefficient (Wildman–Crippen LogP) is 3.15. The second-order valence-corrected chi connectivity index (χ2v) is 5.10. The highest BCUT2D eigenvalue weighted by molar-refractivity contribution is 5.92. The maximum Gasteiger partial charge on any atom is 0.246 e. The van der Waals surface area contributed by atoms with E-state index >= 15 is 0 Å². The average Bonchev–Trinajstić information content (AvgIpc) is 2.55. The summed E-state index contributed by atoms with van der Waals surface area (Å²) >= 11 is 0. The van der Waals surface area contributed by atoms with Crippen LogP contribution in [-0.4, -0.2) is 45.2 Å². The van der Waals surface area contributed by atoms with E-state index in [4.69, 9.17) is 14.2 Å². The molecule has 1 amide bonds. The van der Waals surface area contributed by atoms with E-state index in [1.54, 1.807) is 44.4 Å². The van der Waals surface area contributed by atoms with Crippen LogP contribution in [0.5, 0.6) is 17.2 Å². The fourth-order valence-electron chi connectivity index (χ4n) is 2.14. The Balaban J connectivity index is 3.03. The van der Waals surface area contributed by atoms with Crippen LogP contribution in [0.15, 0.2) is 30.4 Å². The van der Waals surface area contributed by atoms with Crippen LogP contribution in [0, 0.1) is 0 Å². The topological polar surface area (TPSA) is 48.0 Å². The number of carbonyl (C=O) groups is 1. The van der Waals surface area contributed by atoms with Crippen molar-refractivity contribution in [2.45, 2.75) is 13.8 Å². The second kappa shape index (κ2) is 8.88. The molecule has 126 valence electrons. The highest BCUT2D eigenvalue weighted by Crippen LogP contribution is 2.38. The standard InChI is InChI=1S/C18H25NO4/c1-7-19(12-13(2)3)17(20)9-8-14-10-15(21-4)18(23-6)16(11-14)22-5/h8-11H,2,7,12H2,1,3-6H3. The zero-order chi connectivity index (χ0) is 17.4. The zero-order valence-electron chi connectivity index (χ0n) is 14.5. The number of ether oxygens (including phenoxy) is 3. The van der Waals surface area contributed by atoms with Crippen molar-refractivity contribution in [2.24, 2.45) is 0 Å². The third kappa shape index (κ3) is 5.06. The molecule has 0 aliphatic heterocycles. The Labute approximate surface area is 138 Å². The third-order valence-electron chi connectivity index (χ3n) is 3.26. The van der Waals surface area contributed by atoms with Gasteiger partial charge in [0.2, 0.25) is 11.7 Å². The summed E-state index contributed by atoms with van der Waals surface area (Å²) in [6.45, 7) is 8.86. The first kappa shape index (κ1) is 18.6. The van der Waals surface area contributed by atoms with Crippen LogP contribution >= 0.6 is 0 Å². The quantitative estimate of drug-likeness (QED) is 0.545. The van der Waals surface area contributed by atoms with E-state index in [0.717, 1.165) is 11.1 Å². The summed E-state index contributed by atoms with van der Waals surface area (Å²) in [5, 5.41) is 0. The van der Waals surface area contributed by atoms with Gasteiger partial charge in [-0.3, -0.25) is 4.79 Å². The zero-order valence-corrected chi connectivity index (χ0v) is 14.5. The first-order chi connectivity index (χ1) is 11.0. The summed E-state index contributed by atoms with van der Waals surface area (Å²) in [7, 11) is 4.67. The van der Waals surface area contributed by atoms with Gasteiger partial charge >= 0.3 is 0 Å². The number of methoxy groups -OCH3 is 3. The number of rotatable bonds is 8. The molecule has 23 heavy (non-hydrogen) atoms.